The van der Waals surface area contributed by atoms with Gasteiger partial charge in [0.15, 0.2) is 18.7 Å². The molecular weight excluding hydrogens is 865 g/mol. The predicted octanol–water partition coefficient (Wildman–Crippen LogP) is 1.26. The number of carboxylic acid groups (broad SMARTS) is 1. The van der Waals surface area contributed by atoms with Crippen molar-refractivity contribution < 1.29 is 89.1 Å². The molecule has 0 amide bonds. The van der Waals surface area contributed by atoms with Crippen molar-refractivity contribution in [3.05, 3.63) is 11.6 Å². The van der Waals surface area contributed by atoms with Gasteiger partial charge in [0, 0.05) is 0 Å². The number of aliphatic carboxylic acids is 1. The van der Waals surface area contributed by atoms with Crippen molar-refractivity contribution in [2.75, 3.05) is 6.61 Å². The minimum atomic E-state index is -1.85. The van der Waals surface area contributed by atoms with Crippen LogP contribution in [0.5, 0.6) is 0 Å². The number of allylic oxidation sites excluding steroid dienone is 2. The molecule has 3 aliphatic heterocycles. The Kier molecular flexibility index (Phi) is 13.4. The van der Waals surface area contributed by atoms with Gasteiger partial charge in [-0.15, -0.1) is 0 Å². The zero-order valence-electron chi connectivity index (χ0n) is 39.6. The first-order valence-electron chi connectivity index (χ1n) is 24.2. The van der Waals surface area contributed by atoms with Gasteiger partial charge >= 0.3 is 11.9 Å². The third kappa shape index (κ3) is 7.74. The Balaban J connectivity index is 1.01. The molecule has 7 fully saturated rings. The van der Waals surface area contributed by atoms with Crippen LogP contribution in [0.25, 0.3) is 0 Å². The average molecular weight is 941 g/mol. The van der Waals surface area contributed by atoms with E-state index in [1.807, 2.05) is 0 Å². The van der Waals surface area contributed by atoms with Crippen LogP contribution >= 0.6 is 0 Å². The van der Waals surface area contributed by atoms with Crippen LogP contribution in [0.3, 0.4) is 0 Å². The molecule has 18 heteroatoms. The number of carbonyl (C=O) groups excluding carboxylic acids is 1. The molecule has 4 saturated carbocycles. The second-order valence-electron chi connectivity index (χ2n) is 23.5. The highest BCUT2D eigenvalue weighted by molar-refractivity contribution is 5.79. The molecule has 23 atom stereocenters. The number of aliphatic hydroxyl groups excluding tert-OH is 9. The van der Waals surface area contributed by atoms with Crippen LogP contribution in [-0.2, 0) is 38.0 Å². The van der Waals surface area contributed by atoms with Crippen LogP contribution in [0, 0.1) is 50.2 Å². The van der Waals surface area contributed by atoms with E-state index in [0.29, 0.717) is 19.3 Å². The van der Waals surface area contributed by atoms with Gasteiger partial charge in [-0.2, -0.15) is 0 Å². The largest absolute Gasteiger partial charge is 0.479 e. The van der Waals surface area contributed by atoms with Gasteiger partial charge in [0.1, 0.15) is 61.0 Å². The summed E-state index contributed by atoms with van der Waals surface area (Å²) in [6.45, 7) is 16.7. The fraction of sp³-hybridized carbons (Fsp3) is 0.917. The number of ether oxygens (including phenoxy) is 6. The van der Waals surface area contributed by atoms with E-state index in [0.717, 1.165) is 44.9 Å². The van der Waals surface area contributed by atoms with Crippen molar-refractivity contribution in [2.45, 2.75) is 218 Å². The minimum absolute atomic E-state index is 0.0659. The van der Waals surface area contributed by atoms with Crippen LogP contribution in [0.4, 0.5) is 0 Å². The molecule has 18 nitrogen and oxygen atoms in total. The summed E-state index contributed by atoms with van der Waals surface area (Å²) in [5, 5.41) is 105. The number of rotatable bonds is 8. The van der Waals surface area contributed by atoms with Crippen LogP contribution in [0.15, 0.2) is 11.6 Å². The highest BCUT2D eigenvalue weighted by Crippen LogP contribution is 2.76. The number of hydrogen-bond acceptors (Lipinski definition) is 17. The number of aliphatic hydroxyl groups is 9. The molecule has 0 aromatic carbocycles. The van der Waals surface area contributed by atoms with Crippen molar-refractivity contribution in [1.82, 2.24) is 0 Å². The second kappa shape index (κ2) is 17.5. The van der Waals surface area contributed by atoms with Crippen LogP contribution in [0.2, 0.25) is 0 Å². The van der Waals surface area contributed by atoms with Gasteiger partial charge in [0.2, 0.25) is 6.29 Å². The molecule has 0 radical (unpaired) electrons. The fourth-order valence-electron chi connectivity index (χ4n) is 15.0. The molecular formula is C48H76O18. The number of carbonyl (C=O) groups is 2. The quantitative estimate of drug-likeness (QED) is 0.0931. The van der Waals surface area contributed by atoms with Gasteiger partial charge in [-0.3, -0.25) is 4.79 Å². The van der Waals surface area contributed by atoms with Gasteiger partial charge in [-0.1, -0.05) is 60.1 Å². The summed E-state index contributed by atoms with van der Waals surface area (Å²) in [6, 6.07) is 0. The van der Waals surface area contributed by atoms with E-state index < -0.39 is 128 Å². The zero-order chi connectivity index (χ0) is 48.4. The van der Waals surface area contributed by atoms with Gasteiger partial charge in [-0.25, -0.2) is 4.79 Å². The first-order valence-corrected chi connectivity index (χ1v) is 24.2. The van der Waals surface area contributed by atoms with E-state index in [9.17, 15) is 60.7 Å². The van der Waals surface area contributed by atoms with Crippen molar-refractivity contribution in [3.8, 4) is 0 Å². The standard InChI is InChI=1S/C48H76O18/c1-21-28(50)30(52)33(55)39(61-21)64-36-32(54)35(57)41(65-37(36)38(58)59)63-27-12-13-45(6)25(44(27,4)5)11-14-47(8)26(45)10-9-22-23-19-43(2,3)15-17-48(23,18-16-46(22,47)7)42(60)66-40-34(56)31(53)29(51)24(20-49)62-40/h9,21,23-37,39-41,49-57H,10-20H2,1-8H3,(H,58,59)/t21-,23+,24+,25+,26+,27-,28-,29+,30+,31-,32+,33+,34+,35+,36-,37-,39-,40-,41+,45-,46+,47+,48-/m0/s1. The Hall–Kier alpha value is -1.88. The maximum atomic E-state index is 14.7. The number of hydrogen-bond donors (Lipinski definition) is 10. The Morgan fingerprint density at radius 1 is 0.682 bits per heavy atom. The molecule has 376 valence electrons. The summed E-state index contributed by atoms with van der Waals surface area (Å²) in [7, 11) is 0. The Labute approximate surface area is 386 Å². The number of carboxylic acids is 1. The average Bonchev–Trinajstić information content (AvgIpc) is 3.25. The van der Waals surface area contributed by atoms with E-state index in [2.05, 4.69) is 54.5 Å². The molecule has 0 aromatic rings. The minimum Gasteiger partial charge on any atom is -0.479 e. The second-order valence-corrected chi connectivity index (χ2v) is 23.5. The molecule has 5 aliphatic carbocycles. The smallest absolute Gasteiger partial charge is 0.335 e. The van der Waals surface area contributed by atoms with Crippen LogP contribution in [-0.4, -0.2) is 168 Å². The topological polar surface area (TPSA) is 292 Å². The molecule has 0 aromatic heterocycles. The molecule has 8 aliphatic rings. The normalized spacial score (nSPS) is 53.2. The van der Waals surface area contributed by atoms with E-state index >= 15 is 0 Å². The van der Waals surface area contributed by atoms with Gasteiger partial charge in [0.05, 0.1) is 24.2 Å². The van der Waals surface area contributed by atoms with E-state index in [1.165, 1.54) is 12.5 Å². The third-order valence-corrected chi connectivity index (χ3v) is 19.2. The summed E-state index contributed by atoms with van der Waals surface area (Å²) in [5.41, 5.74) is -0.814. The zero-order valence-corrected chi connectivity index (χ0v) is 39.6. The van der Waals surface area contributed by atoms with Gasteiger partial charge in [-0.05, 0) is 116 Å². The summed E-state index contributed by atoms with van der Waals surface area (Å²) in [6.07, 6.45) is -14.8. The summed E-state index contributed by atoms with van der Waals surface area (Å²) >= 11 is 0. The molecule has 3 saturated heterocycles. The maximum Gasteiger partial charge on any atom is 0.335 e. The molecule has 0 bridgehead atoms. The SMILES string of the molecule is C[C@@H]1O[C@@H](O[C@H]2[C@H](O)[C@@H](O)[C@H](O[C@H]3CC[C@@]4(C)[C@H](CC[C@]5(C)[C@@H]4CC=C4[C@H]6CC(C)(C)CC[C@]6(C(=O)O[C@@H]6O[C@H](CO)[C@@H](O)[C@H](O)[C@H]6O)CC[C@]45C)C3(C)C)O[C@@H]2C(=O)O)[C@H](O)[C@H](O)[C@H]1O. The summed E-state index contributed by atoms with van der Waals surface area (Å²) in [4.78, 5) is 27.2. The van der Waals surface area contributed by atoms with Crippen LogP contribution in [0.1, 0.15) is 120 Å². The van der Waals surface area contributed by atoms with Gasteiger partial charge in [0.25, 0.3) is 0 Å². The fourth-order valence-corrected chi connectivity index (χ4v) is 15.0. The molecule has 10 N–H and O–H groups in total. The summed E-state index contributed by atoms with van der Waals surface area (Å²) in [5.74, 6) is -1.78. The Morgan fingerprint density at radius 3 is 1.97 bits per heavy atom. The molecule has 3 heterocycles. The Bertz CT molecular complexity index is 1860. The molecule has 66 heavy (non-hydrogen) atoms. The third-order valence-electron chi connectivity index (χ3n) is 19.2. The first kappa shape index (κ1) is 50.5. The number of fused-ring (bicyclic) bond motifs is 7. The predicted molar refractivity (Wildman–Crippen MR) is 229 cm³/mol. The van der Waals surface area contributed by atoms with Crippen molar-refractivity contribution in [1.29, 1.82) is 0 Å². The summed E-state index contributed by atoms with van der Waals surface area (Å²) < 4.78 is 35.2. The lowest BCUT2D eigenvalue weighted by molar-refractivity contribution is -0.361. The van der Waals surface area contributed by atoms with Crippen molar-refractivity contribution in [2.24, 2.45) is 50.2 Å². The maximum absolute atomic E-state index is 14.7. The van der Waals surface area contributed by atoms with Crippen molar-refractivity contribution in [3.63, 3.8) is 0 Å². The molecule has 8 rings (SSSR count). The van der Waals surface area contributed by atoms with E-state index in [-0.39, 0.29) is 39.4 Å². The van der Waals surface area contributed by atoms with Crippen molar-refractivity contribution >= 4 is 11.9 Å². The Morgan fingerprint density at radius 2 is 1.30 bits per heavy atom. The van der Waals surface area contributed by atoms with E-state index in [4.69, 9.17) is 28.4 Å². The molecule has 0 unspecified atom stereocenters. The van der Waals surface area contributed by atoms with Crippen LogP contribution < -0.4 is 0 Å². The highest BCUT2D eigenvalue weighted by atomic mass is 16.7. The van der Waals surface area contributed by atoms with Gasteiger partial charge < -0.3 is 79.5 Å². The lowest BCUT2D eigenvalue weighted by atomic mass is 9.33. The first-order chi connectivity index (χ1) is 30.7. The van der Waals surface area contributed by atoms with E-state index in [1.54, 1.807) is 0 Å². The number of esters is 1. The monoisotopic (exact) mass is 941 g/mol. The lowest BCUT2D eigenvalue weighted by Crippen LogP contribution is -2.67. The molecule has 0 spiro atoms. The highest BCUT2D eigenvalue weighted by Gasteiger charge is 2.70. The lowest BCUT2D eigenvalue weighted by Gasteiger charge is -2.71.